The van der Waals surface area contributed by atoms with Crippen LogP contribution in [0.2, 0.25) is 0 Å². The molecule has 64 valence electrons. The molecule has 0 aromatic heterocycles. The molecule has 0 spiro atoms. The van der Waals surface area contributed by atoms with E-state index in [1.165, 1.54) is 0 Å². The van der Waals surface area contributed by atoms with Crippen LogP contribution in [0.15, 0.2) is 35.7 Å². The maximum absolute atomic E-state index is 9.49. The fourth-order valence-electron chi connectivity index (χ4n) is 0.945. The first kappa shape index (κ1) is 9.16. The van der Waals surface area contributed by atoms with Crippen molar-refractivity contribution in [2.45, 2.75) is 10.9 Å². The molecule has 0 aliphatic carbocycles. The maximum Gasteiger partial charge on any atom is 0.133 e. The molecule has 1 aromatic carbocycles. The zero-order chi connectivity index (χ0) is 9.14. The van der Waals surface area contributed by atoms with E-state index in [2.05, 4.69) is 19.2 Å². The fourth-order valence-corrected chi connectivity index (χ4v) is 1.16. The lowest BCUT2D eigenvalue weighted by Gasteiger charge is -2.09. The van der Waals surface area contributed by atoms with E-state index in [0.29, 0.717) is 10.5 Å². The standard InChI is InChI=1S/C9H11NOS/c1-2-7(10)6-4-3-5-8(12)9(6)11/h2-5,7,11-12H,1,10H2. The monoisotopic (exact) mass is 181 g/mol. The summed E-state index contributed by atoms with van der Waals surface area (Å²) >= 11 is 4.06. The van der Waals surface area contributed by atoms with Crippen LogP contribution in [0.3, 0.4) is 0 Å². The SMILES string of the molecule is C=CC(N)c1cccc(S)c1O. The lowest BCUT2D eigenvalue weighted by Crippen LogP contribution is -2.06. The van der Waals surface area contributed by atoms with E-state index in [4.69, 9.17) is 5.73 Å². The normalized spacial score (nSPS) is 12.5. The molecule has 0 aliphatic rings. The number of rotatable bonds is 2. The number of benzene rings is 1. The third-order valence-corrected chi connectivity index (χ3v) is 2.02. The highest BCUT2D eigenvalue weighted by Gasteiger charge is 2.08. The van der Waals surface area contributed by atoms with Crippen molar-refractivity contribution in [3.05, 3.63) is 36.4 Å². The average molecular weight is 181 g/mol. The van der Waals surface area contributed by atoms with Crippen molar-refractivity contribution in [2.75, 3.05) is 0 Å². The van der Waals surface area contributed by atoms with Crippen LogP contribution in [-0.4, -0.2) is 5.11 Å². The molecule has 0 saturated carbocycles. The maximum atomic E-state index is 9.49. The van der Waals surface area contributed by atoms with Crippen LogP contribution in [0.25, 0.3) is 0 Å². The average Bonchev–Trinajstić information content (AvgIpc) is 2.08. The zero-order valence-electron chi connectivity index (χ0n) is 6.57. The molecule has 1 rings (SSSR count). The smallest absolute Gasteiger partial charge is 0.133 e. The fraction of sp³-hybridized carbons (Fsp3) is 0.111. The van der Waals surface area contributed by atoms with Gasteiger partial charge in [-0.15, -0.1) is 19.2 Å². The Morgan fingerprint density at radius 1 is 1.58 bits per heavy atom. The molecule has 2 nitrogen and oxygen atoms in total. The molecular weight excluding hydrogens is 170 g/mol. The summed E-state index contributed by atoms with van der Waals surface area (Å²) in [5.41, 5.74) is 6.30. The van der Waals surface area contributed by atoms with E-state index in [1.807, 2.05) is 0 Å². The molecule has 0 aliphatic heterocycles. The second-order valence-electron chi connectivity index (χ2n) is 2.48. The Kier molecular flexibility index (Phi) is 2.78. The summed E-state index contributed by atoms with van der Waals surface area (Å²) in [6, 6.07) is 4.91. The molecule has 0 saturated heterocycles. The third-order valence-electron chi connectivity index (χ3n) is 1.66. The van der Waals surface area contributed by atoms with E-state index in [9.17, 15) is 5.11 Å². The Balaban J connectivity index is 3.15. The first-order valence-electron chi connectivity index (χ1n) is 3.55. The van der Waals surface area contributed by atoms with Gasteiger partial charge in [0.2, 0.25) is 0 Å². The predicted octanol–water partition coefficient (Wildman–Crippen LogP) is 1.87. The number of aromatic hydroxyl groups is 1. The molecule has 3 heteroatoms. The second kappa shape index (κ2) is 3.65. The summed E-state index contributed by atoms with van der Waals surface area (Å²) in [5.74, 6) is 0.133. The van der Waals surface area contributed by atoms with Gasteiger partial charge in [0.15, 0.2) is 0 Å². The van der Waals surface area contributed by atoms with E-state index < -0.39 is 0 Å². The first-order chi connectivity index (χ1) is 5.66. The van der Waals surface area contributed by atoms with Gasteiger partial charge in [-0.3, -0.25) is 0 Å². The van der Waals surface area contributed by atoms with Gasteiger partial charge >= 0.3 is 0 Å². The first-order valence-corrected chi connectivity index (χ1v) is 4.00. The zero-order valence-corrected chi connectivity index (χ0v) is 7.46. The van der Waals surface area contributed by atoms with Gasteiger partial charge in [-0.1, -0.05) is 18.2 Å². The highest BCUT2D eigenvalue weighted by molar-refractivity contribution is 7.80. The molecule has 1 aromatic rings. The van der Waals surface area contributed by atoms with Gasteiger partial charge in [-0.05, 0) is 6.07 Å². The highest BCUT2D eigenvalue weighted by atomic mass is 32.1. The lowest BCUT2D eigenvalue weighted by molar-refractivity contribution is 0.453. The van der Waals surface area contributed by atoms with Crippen LogP contribution < -0.4 is 5.73 Å². The van der Waals surface area contributed by atoms with E-state index in [-0.39, 0.29) is 11.8 Å². The Bertz CT molecular complexity index is 299. The van der Waals surface area contributed by atoms with E-state index in [0.717, 1.165) is 0 Å². The molecule has 1 unspecified atom stereocenters. The molecule has 12 heavy (non-hydrogen) atoms. The van der Waals surface area contributed by atoms with Crippen LogP contribution in [0, 0.1) is 0 Å². The molecular formula is C9H11NOS. The Labute approximate surface area is 77.1 Å². The Morgan fingerprint density at radius 2 is 2.25 bits per heavy atom. The number of thiol groups is 1. The van der Waals surface area contributed by atoms with Crippen molar-refractivity contribution in [2.24, 2.45) is 5.73 Å². The van der Waals surface area contributed by atoms with Crippen LogP contribution >= 0.6 is 12.6 Å². The Hall–Kier alpha value is -0.930. The minimum Gasteiger partial charge on any atom is -0.506 e. The van der Waals surface area contributed by atoms with Crippen molar-refractivity contribution in [3.8, 4) is 5.75 Å². The number of para-hydroxylation sites is 1. The lowest BCUT2D eigenvalue weighted by atomic mass is 10.1. The number of hydrogen-bond donors (Lipinski definition) is 3. The molecule has 3 N–H and O–H groups in total. The number of phenolic OH excluding ortho intramolecular Hbond substituents is 1. The quantitative estimate of drug-likeness (QED) is 0.482. The summed E-state index contributed by atoms with van der Waals surface area (Å²) in [6.07, 6.45) is 1.57. The van der Waals surface area contributed by atoms with Crippen LogP contribution in [-0.2, 0) is 0 Å². The van der Waals surface area contributed by atoms with Crippen molar-refractivity contribution in [3.63, 3.8) is 0 Å². The number of phenols is 1. The van der Waals surface area contributed by atoms with Crippen LogP contribution in [0.4, 0.5) is 0 Å². The van der Waals surface area contributed by atoms with Gasteiger partial charge in [0.25, 0.3) is 0 Å². The Morgan fingerprint density at radius 3 is 2.83 bits per heavy atom. The third kappa shape index (κ3) is 1.62. The highest BCUT2D eigenvalue weighted by Crippen LogP contribution is 2.29. The van der Waals surface area contributed by atoms with Gasteiger partial charge in [-0.2, -0.15) is 0 Å². The van der Waals surface area contributed by atoms with E-state index >= 15 is 0 Å². The van der Waals surface area contributed by atoms with Gasteiger partial charge in [0, 0.05) is 10.5 Å². The van der Waals surface area contributed by atoms with Crippen molar-refractivity contribution < 1.29 is 5.11 Å². The van der Waals surface area contributed by atoms with Gasteiger partial charge < -0.3 is 10.8 Å². The number of hydrogen-bond acceptors (Lipinski definition) is 3. The molecule has 0 bridgehead atoms. The summed E-state index contributed by atoms with van der Waals surface area (Å²) < 4.78 is 0. The topological polar surface area (TPSA) is 46.2 Å². The molecule has 0 heterocycles. The van der Waals surface area contributed by atoms with Crippen LogP contribution in [0.5, 0.6) is 5.75 Å². The summed E-state index contributed by atoms with van der Waals surface area (Å²) in [7, 11) is 0. The number of nitrogens with two attached hydrogens (primary N) is 1. The van der Waals surface area contributed by atoms with Gasteiger partial charge in [0.05, 0.1) is 6.04 Å². The minimum atomic E-state index is -0.336. The van der Waals surface area contributed by atoms with Crippen LogP contribution in [0.1, 0.15) is 11.6 Å². The molecule has 0 amide bonds. The molecule has 0 fully saturated rings. The van der Waals surface area contributed by atoms with Crippen molar-refractivity contribution in [1.29, 1.82) is 0 Å². The summed E-state index contributed by atoms with van der Waals surface area (Å²) in [5, 5.41) is 9.49. The largest absolute Gasteiger partial charge is 0.506 e. The van der Waals surface area contributed by atoms with E-state index in [1.54, 1.807) is 24.3 Å². The summed E-state index contributed by atoms with van der Waals surface area (Å²) in [6.45, 7) is 3.55. The second-order valence-corrected chi connectivity index (χ2v) is 2.96. The molecule has 1 atom stereocenters. The van der Waals surface area contributed by atoms with Gasteiger partial charge in [0.1, 0.15) is 5.75 Å². The van der Waals surface area contributed by atoms with Crippen molar-refractivity contribution in [1.82, 2.24) is 0 Å². The minimum absolute atomic E-state index is 0.133. The van der Waals surface area contributed by atoms with Crippen molar-refractivity contribution >= 4 is 12.6 Å². The predicted molar refractivity (Wildman–Crippen MR) is 52.5 cm³/mol. The van der Waals surface area contributed by atoms with Gasteiger partial charge in [-0.25, -0.2) is 0 Å². The molecule has 0 radical (unpaired) electrons. The summed E-state index contributed by atoms with van der Waals surface area (Å²) in [4.78, 5) is 0.532.